The van der Waals surface area contributed by atoms with Crippen molar-refractivity contribution in [2.24, 2.45) is 11.7 Å². The molecule has 0 saturated heterocycles. The summed E-state index contributed by atoms with van der Waals surface area (Å²) >= 11 is 7.83. The van der Waals surface area contributed by atoms with Gasteiger partial charge in [-0.25, -0.2) is 4.79 Å². The Hall–Kier alpha value is -1.50. The summed E-state index contributed by atoms with van der Waals surface area (Å²) in [6.45, 7) is 4.74. The smallest absolute Gasteiger partial charge is 0.327 e. The average molecular weight is 425 g/mol. The molecule has 0 rings (SSSR count). The Bertz CT molecular complexity index is 546. The van der Waals surface area contributed by atoms with Crippen molar-refractivity contribution in [3.63, 3.8) is 0 Å². The molecule has 0 saturated carbocycles. The topological polar surface area (TPSA) is 171 Å². The Balaban J connectivity index is 5.10. The lowest BCUT2D eigenvalue weighted by atomic mass is 10.0. The Morgan fingerprint density at radius 1 is 0.889 bits per heavy atom. The number of nitrogens with one attached hydrogen (secondary N) is 3. The van der Waals surface area contributed by atoms with Gasteiger partial charge in [0.1, 0.15) is 18.1 Å². The number of carboxylic acids is 1. The lowest BCUT2D eigenvalue weighted by Crippen LogP contribution is -2.60. The number of carboxylic acid groups (broad SMARTS) is 1. The van der Waals surface area contributed by atoms with Crippen molar-refractivity contribution in [3.8, 4) is 0 Å². The number of hydrogen-bond acceptors (Lipinski definition) is 8. The molecule has 0 aliphatic carbocycles. The van der Waals surface area contributed by atoms with Crippen LogP contribution in [-0.4, -0.2) is 75.7 Å². The third-order valence-corrected chi connectivity index (χ3v) is 4.43. The second-order valence-electron chi connectivity index (χ2n) is 6.32. The van der Waals surface area contributed by atoms with E-state index in [1.54, 1.807) is 13.8 Å². The van der Waals surface area contributed by atoms with Crippen molar-refractivity contribution < 1.29 is 29.4 Å². The van der Waals surface area contributed by atoms with E-state index < -0.39 is 54.0 Å². The number of nitrogens with two attached hydrogens (primary N) is 1. The molecule has 0 radical (unpaired) electrons. The van der Waals surface area contributed by atoms with Crippen LogP contribution in [0.25, 0.3) is 0 Å². The fraction of sp³-hybridized carbons (Fsp3) is 0.733. The number of aliphatic hydroxyl groups is 1. The van der Waals surface area contributed by atoms with Crippen molar-refractivity contribution in [3.05, 3.63) is 0 Å². The van der Waals surface area contributed by atoms with Crippen molar-refractivity contribution in [1.29, 1.82) is 0 Å². The van der Waals surface area contributed by atoms with Crippen LogP contribution >= 0.6 is 25.3 Å². The summed E-state index contributed by atoms with van der Waals surface area (Å²) in [5.41, 5.74) is 5.72. The standard InChI is InChI=1S/C15H28N4O6S2/c1-6(2)10(16)13(22)17-8(4-26)12(21)19-11(7(3)20)14(23)18-9(5-27)15(24)25/h6-11,20,26-27H,4-5,16H2,1-3H3,(H,17,22)(H,18,23)(H,19,21)(H,24,25). The first-order chi connectivity index (χ1) is 12.5. The third-order valence-electron chi connectivity index (χ3n) is 3.70. The molecular formula is C15H28N4O6S2. The third kappa shape index (κ3) is 8.37. The normalized spacial score (nSPS) is 16.6. The summed E-state index contributed by atoms with van der Waals surface area (Å²) in [5, 5.41) is 25.6. The Labute approximate surface area is 168 Å². The van der Waals surface area contributed by atoms with E-state index in [0.29, 0.717) is 0 Å². The molecule has 0 aromatic heterocycles. The fourth-order valence-corrected chi connectivity index (χ4v) is 2.38. The maximum Gasteiger partial charge on any atom is 0.327 e. The fourth-order valence-electron chi connectivity index (χ4n) is 1.87. The van der Waals surface area contributed by atoms with Crippen LogP contribution in [0.1, 0.15) is 20.8 Å². The summed E-state index contributed by atoms with van der Waals surface area (Å²) in [5.74, 6) is -3.94. The first-order valence-corrected chi connectivity index (χ1v) is 9.51. The summed E-state index contributed by atoms with van der Waals surface area (Å²) in [4.78, 5) is 47.6. The summed E-state index contributed by atoms with van der Waals surface area (Å²) in [6, 6.07) is -4.65. The molecule has 0 aromatic carbocycles. The summed E-state index contributed by atoms with van der Waals surface area (Å²) < 4.78 is 0. The van der Waals surface area contributed by atoms with Crippen LogP contribution in [0.15, 0.2) is 0 Å². The highest BCUT2D eigenvalue weighted by Gasteiger charge is 2.32. The van der Waals surface area contributed by atoms with Gasteiger partial charge in [-0.2, -0.15) is 25.3 Å². The van der Waals surface area contributed by atoms with Crippen molar-refractivity contribution >= 4 is 48.9 Å². The van der Waals surface area contributed by atoms with E-state index in [4.69, 9.17) is 10.8 Å². The quantitative estimate of drug-likeness (QED) is 0.173. The van der Waals surface area contributed by atoms with Gasteiger partial charge in [0.25, 0.3) is 0 Å². The highest BCUT2D eigenvalue weighted by molar-refractivity contribution is 7.80. The van der Waals surface area contributed by atoms with E-state index in [9.17, 15) is 24.3 Å². The van der Waals surface area contributed by atoms with Gasteiger partial charge in [-0.05, 0) is 12.8 Å². The molecule has 5 unspecified atom stereocenters. The maximum absolute atomic E-state index is 12.4. The van der Waals surface area contributed by atoms with Gasteiger partial charge in [-0.3, -0.25) is 14.4 Å². The monoisotopic (exact) mass is 424 g/mol. The number of carbonyl (C=O) groups excluding carboxylic acids is 3. The van der Waals surface area contributed by atoms with Crippen LogP contribution in [-0.2, 0) is 19.2 Å². The number of aliphatic hydroxyl groups excluding tert-OH is 1. The predicted molar refractivity (Wildman–Crippen MR) is 106 cm³/mol. The van der Waals surface area contributed by atoms with Gasteiger partial charge < -0.3 is 31.9 Å². The van der Waals surface area contributed by atoms with Gasteiger partial charge in [0.05, 0.1) is 12.1 Å². The Morgan fingerprint density at radius 2 is 1.37 bits per heavy atom. The molecule has 3 amide bonds. The highest BCUT2D eigenvalue weighted by atomic mass is 32.1. The molecule has 7 N–H and O–H groups in total. The second-order valence-corrected chi connectivity index (χ2v) is 7.05. The molecule has 0 bridgehead atoms. The van der Waals surface area contributed by atoms with Gasteiger partial charge in [0, 0.05) is 11.5 Å². The Kier molecular flexibility index (Phi) is 11.4. The number of rotatable bonds is 11. The van der Waals surface area contributed by atoms with Crippen molar-refractivity contribution in [2.75, 3.05) is 11.5 Å². The zero-order chi connectivity index (χ0) is 21.3. The van der Waals surface area contributed by atoms with E-state index in [-0.39, 0.29) is 17.4 Å². The molecule has 10 nitrogen and oxygen atoms in total. The summed E-state index contributed by atoms with van der Waals surface area (Å²) in [7, 11) is 0. The second kappa shape index (κ2) is 12.1. The van der Waals surface area contributed by atoms with Crippen LogP contribution in [0.5, 0.6) is 0 Å². The maximum atomic E-state index is 12.4. The molecule has 0 fully saturated rings. The minimum absolute atomic E-state index is 0.0784. The van der Waals surface area contributed by atoms with Crippen molar-refractivity contribution in [1.82, 2.24) is 16.0 Å². The molecule has 0 heterocycles. The van der Waals surface area contributed by atoms with Crippen LogP contribution in [0.3, 0.4) is 0 Å². The number of amides is 3. The van der Waals surface area contributed by atoms with Gasteiger partial charge in [0.15, 0.2) is 0 Å². The average Bonchev–Trinajstić information content (AvgIpc) is 2.59. The molecule has 0 aliphatic heterocycles. The highest BCUT2D eigenvalue weighted by Crippen LogP contribution is 2.02. The molecule has 156 valence electrons. The molecular weight excluding hydrogens is 396 g/mol. The van der Waals surface area contributed by atoms with Crippen LogP contribution < -0.4 is 21.7 Å². The summed E-state index contributed by atoms with van der Waals surface area (Å²) in [6.07, 6.45) is -1.32. The minimum atomic E-state index is -1.43. The van der Waals surface area contributed by atoms with Gasteiger partial charge in [-0.15, -0.1) is 0 Å². The lowest BCUT2D eigenvalue weighted by Gasteiger charge is -2.26. The van der Waals surface area contributed by atoms with Gasteiger partial charge in [-0.1, -0.05) is 13.8 Å². The molecule has 0 aromatic rings. The van der Waals surface area contributed by atoms with Crippen LogP contribution in [0.2, 0.25) is 0 Å². The first-order valence-electron chi connectivity index (χ1n) is 8.25. The zero-order valence-corrected chi connectivity index (χ0v) is 17.2. The van der Waals surface area contributed by atoms with Gasteiger partial charge >= 0.3 is 5.97 Å². The Morgan fingerprint density at radius 3 is 1.74 bits per heavy atom. The lowest BCUT2D eigenvalue weighted by molar-refractivity contribution is -0.142. The first kappa shape index (κ1) is 25.5. The minimum Gasteiger partial charge on any atom is -0.480 e. The largest absolute Gasteiger partial charge is 0.480 e. The molecule has 12 heteroatoms. The SMILES string of the molecule is CC(C)C(N)C(=O)NC(CS)C(=O)NC(C(=O)NC(CS)C(=O)O)C(C)O. The number of thiol groups is 2. The van der Waals surface area contributed by atoms with E-state index in [2.05, 4.69) is 41.2 Å². The molecule has 0 spiro atoms. The van der Waals surface area contributed by atoms with Crippen LogP contribution in [0.4, 0.5) is 0 Å². The number of carbonyl (C=O) groups is 4. The van der Waals surface area contributed by atoms with E-state index >= 15 is 0 Å². The van der Waals surface area contributed by atoms with Crippen molar-refractivity contribution in [2.45, 2.75) is 51.0 Å². The molecule has 27 heavy (non-hydrogen) atoms. The number of aliphatic carboxylic acids is 1. The van der Waals surface area contributed by atoms with E-state index in [0.717, 1.165) is 0 Å². The van der Waals surface area contributed by atoms with Gasteiger partial charge in [0.2, 0.25) is 17.7 Å². The number of hydrogen-bond donors (Lipinski definition) is 8. The predicted octanol–water partition coefficient (Wildman–Crippen LogP) is -2.25. The molecule has 0 aliphatic rings. The van der Waals surface area contributed by atoms with E-state index in [1.807, 2.05) is 0 Å². The molecule has 5 atom stereocenters. The van der Waals surface area contributed by atoms with E-state index in [1.165, 1.54) is 6.92 Å². The zero-order valence-electron chi connectivity index (χ0n) is 15.4. The van der Waals surface area contributed by atoms with Crippen LogP contribution in [0, 0.1) is 5.92 Å².